The first kappa shape index (κ1) is 14.4. The van der Waals surface area contributed by atoms with Crippen LogP contribution in [0.15, 0.2) is 0 Å². The Hall–Kier alpha value is -1.51. The molecule has 2 heterocycles. The molecule has 0 radical (unpaired) electrons. The van der Waals surface area contributed by atoms with Gasteiger partial charge in [-0.05, 0) is 12.8 Å². The van der Waals surface area contributed by atoms with Crippen LogP contribution < -0.4 is 4.90 Å². The summed E-state index contributed by atoms with van der Waals surface area (Å²) in [5, 5.41) is 5.50. The molecule has 1 aromatic heterocycles. The SMILES string of the molecule is O=C1CC(S(=O)(=O)F)CN1c1n[nH]c(C2CCCCC2)n1. The normalized spacial score (nSPS) is 24.7. The molecular formula is C12H17FN4O3S. The molecule has 0 spiro atoms. The van der Waals surface area contributed by atoms with Crippen molar-refractivity contribution in [3.8, 4) is 0 Å². The third kappa shape index (κ3) is 2.92. The van der Waals surface area contributed by atoms with Crippen LogP contribution in [0.3, 0.4) is 0 Å². The molecule has 1 amide bonds. The van der Waals surface area contributed by atoms with Gasteiger partial charge in [0, 0.05) is 18.9 Å². The van der Waals surface area contributed by atoms with Crippen molar-refractivity contribution in [2.45, 2.75) is 49.7 Å². The number of H-pyrrole nitrogens is 1. The van der Waals surface area contributed by atoms with Crippen molar-refractivity contribution in [2.75, 3.05) is 11.4 Å². The minimum absolute atomic E-state index is 0.145. The third-order valence-corrected chi connectivity index (χ3v) is 5.32. The third-order valence-electron chi connectivity index (χ3n) is 4.21. The number of halogens is 1. The van der Waals surface area contributed by atoms with Crippen molar-refractivity contribution in [2.24, 2.45) is 0 Å². The molecule has 1 unspecified atom stereocenters. The average Bonchev–Trinajstić information content (AvgIpc) is 3.05. The fourth-order valence-electron chi connectivity index (χ4n) is 3.00. The largest absolute Gasteiger partial charge is 0.307 e. The molecule has 0 aromatic carbocycles. The van der Waals surface area contributed by atoms with Gasteiger partial charge in [0.05, 0.1) is 0 Å². The summed E-state index contributed by atoms with van der Waals surface area (Å²) in [7, 11) is -4.72. The highest BCUT2D eigenvalue weighted by Gasteiger charge is 2.40. The van der Waals surface area contributed by atoms with Gasteiger partial charge in [-0.1, -0.05) is 19.3 Å². The van der Waals surface area contributed by atoms with Gasteiger partial charge in [-0.15, -0.1) is 8.98 Å². The summed E-state index contributed by atoms with van der Waals surface area (Å²) in [6.45, 7) is -0.223. The number of aromatic nitrogens is 3. The second kappa shape index (κ2) is 5.36. The lowest BCUT2D eigenvalue weighted by molar-refractivity contribution is -0.117. The zero-order valence-corrected chi connectivity index (χ0v) is 12.3. The van der Waals surface area contributed by atoms with Crippen LogP contribution in [-0.4, -0.2) is 41.3 Å². The van der Waals surface area contributed by atoms with Crippen molar-refractivity contribution < 1.29 is 17.1 Å². The van der Waals surface area contributed by atoms with Gasteiger partial charge in [0.25, 0.3) is 5.95 Å². The molecule has 1 saturated heterocycles. The molecule has 1 aromatic rings. The number of nitrogens with one attached hydrogen (secondary N) is 1. The highest BCUT2D eigenvalue weighted by molar-refractivity contribution is 7.87. The Morgan fingerprint density at radius 1 is 1.24 bits per heavy atom. The Morgan fingerprint density at radius 2 is 1.95 bits per heavy atom. The van der Waals surface area contributed by atoms with E-state index in [4.69, 9.17) is 0 Å². The molecule has 116 valence electrons. The Balaban J connectivity index is 1.75. The number of anilines is 1. The fourth-order valence-corrected chi connectivity index (χ4v) is 3.67. The average molecular weight is 316 g/mol. The van der Waals surface area contributed by atoms with Crippen molar-refractivity contribution >= 4 is 22.1 Å². The maximum atomic E-state index is 13.0. The predicted molar refractivity (Wildman–Crippen MR) is 73.0 cm³/mol. The van der Waals surface area contributed by atoms with E-state index in [0.29, 0.717) is 5.92 Å². The second-order valence-corrected chi connectivity index (χ2v) is 7.28. The maximum absolute atomic E-state index is 13.0. The zero-order valence-electron chi connectivity index (χ0n) is 11.5. The summed E-state index contributed by atoms with van der Waals surface area (Å²) >= 11 is 0. The zero-order chi connectivity index (χ0) is 15.0. The molecule has 1 aliphatic heterocycles. The van der Waals surface area contributed by atoms with E-state index in [2.05, 4.69) is 15.2 Å². The van der Waals surface area contributed by atoms with Gasteiger partial charge in [-0.2, -0.15) is 13.4 Å². The van der Waals surface area contributed by atoms with E-state index in [1.165, 1.54) is 6.42 Å². The van der Waals surface area contributed by atoms with Gasteiger partial charge in [-0.3, -0.25) is 14.8 Å². The summed E-state index contributed by atoms with van der Waals surface area (Å²) in [5.41, 5.74) is 0. The second-order valence-electron chi connectivity index (χ2n) is 5.66. The van der Waals surface area contributed by atoms with E-state index in [-0.39, 0.29) is 18.9 Å². The number of aromatic amines is 1. The Bertz CT molecular complexity index is 639. The number of carbonyl (C=O) groups is 1. The molecule has 0 bridgehead atoms. The van der Waals surface area contributed by atoms with Crippen LogP contribution in [-0.2, 0) is 15.0 Å². The molecule has 1 aliphatic carbocycles. The number of rotatable bonds is 3. The Morgan fingerprint density at radius 3 is 2.57 bits per heavy atom. The topological polar surface area (TPSA) is 96.0 Å². The summed E-state index contributed by atoms with van der Waals surface area (Å²) < 4.78 is 34.8. The molecule has 9 heteroatoms. The molecule has 1 atom stereocenters. The van der Waals surface area contributed by atoms with Crippen LogP contribution in [0.4, 0.5) is 9.83 Å². The molecule has 7 nitrogen and oxygen atoms in total. The van der Waals surface area contributed by atoms with Crippen LogP contribution in [0.5, 0.6) is 0 Å². The lowest BCUT2D eigenvalue weighted by atomic mass is 9.89. The number of hydrogen-bond acceptors (Lipinski definition) is 5. The monoisotopic (exact) mass is 316 g/mol. The van der Waals surface area contributed by atoms with Crippen molar-refractivity contribution in [1.29, 1.82) is 0 Å². The van der Waals surface area contributed by atoms with Gasteiger partial charge >= 0.3 is 10.2 Å². The number of amides is 1. The van der Waals surface area contributed by atoms with Gasteiger partial charge in [0.1, 0.15) is 11.1 Å². The van der Waals surface area contributed by atoms with Gasteiger partial charge in [0.15, 0.2) is 0 Å². The standard InChI is InChI=1S/C12H17FN4O3S/c13-21(19,20)9-6-10(18)17(7-9)12-14-11(15-16-12)8-4-2-1-3-5-8/h8-9H,1-7H2,(H,14,15,16). The number of carbonyl (C=O) groups excluding carboxylic acids is 1. The van der Waals surface area contributed by atoms with E-state index >= 15 is 0 Å². The van der Waals surface area contributed by atoms with Crippen LogP contribution in [0.25, 0.3) is 0 Å². The minimum Gasteiger partial charge on any atom is -0.278 e. The van der Waals surface area contributed by atoms with E-state index in [1.54, 1.807) is 0 Å². The quantitative estimate of drug-likeness (QED) is 0.847. The van der Waals surface area contributed by atoms with Crippen LogP contribution in [0, 0.1) is 0 Å². The molecule has 21 heavy (non-hydrogen) atoms. The van der Waals surface area contributed by atoms with Gasteiger partial charge < -0.3 is 0 Å². The van der Waals surface area contributed by atoms with E-state index in [1.807, 2.05) is 0 Å². The fraction of sp³-hybridized carbons (Fsp3) is 0.750. The number of hydrogen-bond donors (Lipinski definition) is 1. The Labute approximate surface area is 122 Å². The highest BCUT2D eigenvalue weighted by Crippen LogP contribution is 2.32. The van der Waals surface area contributed by atoms with E-state index in [0.717, 1.165) is 36.4 Å². The molecule has 1 saturated carbocycles. The first-order valence-corrected chi connectivity index (χ1v) is 8.56. The summed E-state index contributed by atoms with van der Waals surface area (Å²) in [6.07, 6.45) is 5.22. The van der Waals surface area contributed by atoms with Crippen molar-refractivity contribution in [1.82, 2.24) is 15.2 Å². The molecular weight excluding hydrogens is 299 g/mol. The first-order chi connectivity index (χ1) is 9.95. The predicted octanol–water partition coefficient (Wildman–Crippen LogP) is 1.26. The maximum Gasteiger partial charge on any atom is 0.307 e. The molecule has 2 fully saturated rings. The van der Waals surface area contributed by atoms with E-state index in [9.17, 15) is 17.1 Å². The Kier molecular flexibility index (Phi) is 3.68. The van der Waals surface area contributed by atoms with E-state index < -0.39 is 21.4 Å². The van der Waals surface area contributed by atoms with Gasteiger partial charge in [0.2, 0.25) is 5.91 Å². The minimum atomic E-state index is -4.72. The molecule has 1 N–H and O–H groups in total. The van der Waals surface area contributed by atoms with Gasteiger partial charge in [-0.25, -0.2) is 0 Å². The van der Waals surface area contributed by atoms with Crippen molar-refractivity contribution in [3.63, 3.8) is 0 Å². The smallest absolute Gasteiger partial charge is 0.278 e. The lowest BCUT2D eigenvalue weighted by Crippen LogP contribution is -2.28. The highest BCUT2D eigenvalue weighted by atomic mass is 32.3. The van der Waals surface area contributed by atoms with Crippen molar-refractivity contribution in [3.05, 3.63) is 5.82 Å². The summed E-state index contributed by atoms with van der Waals surface area (Å²) in [6, 6.07) is 0. The lowest BCUT2D eigenvalue weighted by Gasteiger charge is -2.18. The first-order valence-electron chi connectivity index (χ1n) is 7.11. The number of nitrogens with zero attached hydrogens (tertiary/aromatic N) is 3. The van der Waals surface area contributed by atoms with Crippen LogP contribution >= 0.6 is 0 Å². The summed E-state index contributed by atoms with van der Waals surface area (Å²) in [4.78, 5) is 17.3. The molecule has 2 aliphatic rings. The molecule has 3 rings (SSSR count). The van der Waals surface area contributed by atoms with Crippen LogP contribution in [0.2, 0.25) is 0 Å². The summed E-state index contributed by atoms with van der Waals surface area (Å²) in [5.74, 6) is 0.713. The van der Waals surface area contributed by atoms with Crippen LogP contribution in [0.1, 0.15) is 50.3 Å².